The minimum absolute atomic E-state index is 0.264. The molecule has 0 spiro atoms. The third-order valence-corrected chi connectivity index (χ3v) is 2.88. The maximum absolute atomic E-state index is 13.6. The van der Waals surface area contributed by atoms with Crippen molar-refractivity contribution in [3.05, 3.63) is 59.2 Å². The standard InChI is InChI=1S/C16H19FN2O/c1-3-18-10-13-5-4-6-14(19-13)11-20-16-9-12(2)7-8-15(16)17/h4-9,18H,3,10-11H2,1-2H3. The molecule has 0 aliphatic carbocycles. The second kappa shape index (κ2) is 7.01. The molecular formula is C16H19FN2O. The lowest BCUT2D eigenvalue weighted by Crippen LogP contribution is -2.13. The van der Waals surface area contributed by atoms with Crippen LogP contribution in [-0.2, 0) is 13.2 Å². The fourth-order valence-electron chi connectivity index (χ4n) is 1.83. The smallest absolute Gasteiger partial charge is 0.165 e. The summed E-state index contributed by atoms with van der Waals surface area (Å²) in [7, 11) is 0. The van der Waals surface area contributed by atoms with E-state index in [1.165, 1.54) is 6.07 Å². The normalized spacial score (nSPS) is 10.6. The zero-order valence-corrected chi connectivity index (χ0v) is 11.8. The van der Waals surface area contributed by atoms with Crippen molar-refractivity contribution >= 4 is 0 Å². The lowest BCUT2D eigenvalue weighted by molar-refractivity contribution is 0.285. The Labute approximate surface area is 118 Å². The van der Waals surface area contributed by atoms with E-state index >= 15 is 0 Å². The van der Waals surface area contributed by atoms with Crippen molar-refractivity contribution in [3.63, 3.8) is 0 Å². The monoisotopic (exact) mass is 274 g/mol. The SMILES string of the molecule is CCNCc1cccc(COc2cc(C)ccc2F)n1. The summed E-state index contributed by atoms with van der Waals surface area (Å²) >= 11 is 0. The highest BCUT2D eigenvalue weighted by atomic mass is 19.1. The fraction of sp³-hybridized carbons (Fsp3) is 0.312. The molecule has 0 fully saturated rings. The molecule has 0 aliphatic rings. The molecule has 0 unspecified atom stereocenters. The number of nitrogens with one attached hydrogen (secondary N) is 1. The second-order valence-corrected chi connectivity index (χ2v) is 4.62. The molecular weight excluding hydrogens is 255 g/mol. The number of benzene rings is 1. The lowest BCUT2D eigenvalue weighted by Gasteiger charge is -2.09. The maximum Gasteiger partial charge on any atom is 0.165 e. The molecule has 0 bridgehead atoms. The van der Waals surface area contributed by atoms with E-state index < -0.39 is 0 Å². The van der Waals surface area contributed by atoms with E-state index in [0.29, 0.717) is 0 Å². The molecule has 0 aliphatic heterocycles. The predicted molar refractivity (Wildman–Crippen MR) is 77.1 cm³/mol. The van der Waals surface area contributed by atoms with Gasteiger partial charge in [-0.3, -0.25) is 4.98 Å². The third-order valence-electron chi connectivity index (χ3n) is 2.88. The van der Waals surface area contributed by atoms with Crippen molar-refractivity contribution < 1.29 is 9.13 Å². The lowest BCUT2D eigenvalue weighted by atomic mass is 10.2. The number of halogens is 1. The average Bonchev–Trinajstić information content (AvgIpc) is 2.46. The minimum atomic E-state index is -0.348. The first-order chi connectivity index (χ1) is 9.69. The van der Waals surface area contributed by atoms with Crippen molar-refractivity contribution in [1.29, 1.82) is 0 Å². The fourth-order valence-corrected chi connectivity index (χ4v) is 1.83. The van der Waals surface area contributed by atoms with Crippen LogP contribution in [-0.4, -0.2) is 11.5 Å². The van der Waals surface area contributed by atoms with E-state index in [9.17, 15) is 4.39 Å². The molecule has 106 valence electrons. The Bertz CT molecular complexity index is 572. The molecule has 1 N–H and O–H groups in total. The summed E-state index contributed by atoms with van der Waals surface area (Å²) in [5.41, 5.74) is 2.72. The first-order valence-corrected chi connectivity index (χ1v) is 6.73. The molecule has 1 heterocycles. The summed E-state index contributed by atoms with van der Waals surface area (Å²) in [6.45, 7) is 5.84. The molecule has 2 rings (SSSR count). The Kier molecular flexibility index (Phi) is 5.07. The molecule has 3 nitrogen and oxygen atoms in total. The Balaban J connectivity index is 2.01. The number of pyridine rings is 1. The molecule has 4 heteroatoms. The van der Waals surface area contributed by atoms with Gasteiger partial charge in [0.1, 0.15) is 6.61 Å². The van der Waals surface area contributed by atoms with E-state index in [-0.39, 0.29) is 18.2 Å². The Hall–Kier alpha value is -1.94. The van der Waals surface area contributed by atoms with E-state index in [4.69, 9.17) is 4.74 Å². The van der Waals surface area contributed by atoms with Gasteiger partial charge in [-0.1, -0.05) is 19.1 Å². The molecule has 0 amide bonds. The molecule has 1 aromatic heterocycles. The quantitative estimate of drug-likeness (QED) is 0.878. The van der Waals surface area contributed by atoms with Gasteiger partial charge in [-0.15, -0.1) is 0 Å². The van der Waals surface area contributed by atoms with E-state index in [0.717, 1.165) is 30.0 Å². The molecule has 2 aromatic rings. The number of rotatable bonds is 6. The number of nitrogens with zero attached hydrogens (tertiary/aromatic N) is 1. The zero-order valence-electron chi connectivity index (χ0n) is 11.8. The van der Waals surface area contributed by atoms with Gasteiger partial charge in [0, 0.05) is 6.54 Å². The van der Waals surface area contributed by atoms with Crippen molar-refractivity contribution in [2.75, 3.05) is 6.54 Å². The molecule has 0 radical (unpaired) electrons. The van der Waals surface area contributed by atoms with Gasteiger partial charge in [0.05, 0.1) is 11.4 Å². The van der Waals surface area contributed by atoms with E-state index in [1.807, 2.05) is 32.0 Å². The summed E-state index contributed by atoms with van der Waals surface area (Å²) < 4.78 is 19.1. The van der Waals surface area contributed by atoms with Crippen molar-refractivity contribution in [1.82, 2.24) is 10.3 Å². The van der Waals surface area contributed by atoms with Crippen LogP contribution in [0.1, 0.15) is 23.9 Å². The van der Waals surface area contributed by atoms with Crippen LogP contribution < -0.4 is 10.1 Å². The Morgan fingerprint density at radius 3 is 2.80 bits per heavy atom. The zero-order chi connectivity index (χ0) is 14.4. The van der Waals surface area contributed by atoms with Crippen LogP contribution in [0.25, 0.3) is 0 Å². The Morgan fingerprint density at radius 2 is 2.00 bits per heavy atom. The van der Waals surface area contributed by atoms with Gasteiger partial charge in [-0.05, 0) is 43.3 Å². The minimum Gasteiger partial charge on any atom is -0.484 e. The average molecular weight is 274 g/mol. The van der Waals surface area contributed by atoms with Crippen LogP contribution in [0.4, 0.5) is 4.39 Å². The summed E-state index contributed by atoms with van der Waals surface area (Å²) in [4.78, 5) is 4.47. The number of hydrogen-bond acceptors (Lipinski definition) is 3. The number of hydrogen-bond donors (Lipinski definition) is 1. The molecule has 20 heavy (non-hydrogen) atoms. The first kappa shape index (κ1) is 14.5. The second-order valence-electron chi connectivity index (χ2n) is 4.62. The highest BCUT2D eigenvalue weighted by Gasteiger charge is 2.05. The van der Waals surface area contributed by atoms with Crippen molar-refractivity contribution in [2.24, 2.45) is 0 Å². The van der Waals surface area contributed by atoms with Gasteiger partial charge in [-0.25, -0.2) is 4.39 Å². The highest BCUT2D eigenvalue weighted by molar-refractivity contribution is 5.29. The van der Waals surface area contributed by atoms with Crippen molar-refractivity contribution in [2.45, 2.75) is 27.0 Å². The first-order valence-electron chi connectivity index (χ1n) is 6.73. The molecule has 0 atom stereocenters. The maximum atomic E-state index is 13.6. The summed E-state index contributed by atoms with van der Waals surface area (Å²) in [6.07, 6.45) is 0. The van der Waals surface area contributed by atoms with Crippen LogP contribution in [0.2, 0.25) is 0 Å². The molecule has 1 aromatic carbocycles. The summed E-state index contributed by atoms with van der Waals surface area (Å²) in [5.74, 6) is -0.0803. The molecule has 0 saturated carbocycles. The number of ether oxygens (including phenoxy) is 1. The number of aromatic nitrogens is 1. The van der Waals surface area contributed by atoms with Crippen molar-refractivity contribution in [3.8, 4) is 5.75 Å². The molecule has 0 saturated heterocycles. The highest BCUT2D eigenvalue weighted by Crippen LogP contribution is 2.19. The van der Waals surface area contributed by atoms with E-state index in [1.54, 1.807) is 12.1 Å². The van der Waals surface area contributed by atoms with Crippen LogP contribution >= 0.6 is 0 Å². The van der Waals surface area contributed by atoms with Gasteiger partial charge in [0.2, 0.25) is 0 Å². The summed E-state index contributed by atoms with van der Waals surface area (Å²) in [5, 5.41) is 3.22. The largest absolute Gasteiger partial charge is 0.484 e. The van der Waals surface area contributed by atoms with Crippen LogP contribution in [0, 0.1) is 12.7 Å². The summed E-state index contributed by atoms with van der Waals surface area (Å²) in [6, 6.07) is 10.6. The van der Waals surface area contributed by atoms with Gasteiger partial charge in [-0.2, -0.15) is 0 Å². The van der Waals surface area contributed by atoms with Gasteiger partial charge < -0.3 is 10.1 Å². The van der Waals surface area contributed by atoms with E-state index in [2.05, 4.69) is 10.3 Å². The number of aryl methyl sites for hydroxylation is 1. The topological polar surface area (TPSA) is 34.1 Å². The predicted octanol–water partition coefficient (Wildman–Crippen LogP) is 3.22. The van der Waals surface area contributed by atoms with Crippen LogP contribution in [0.15, 0.2) is 36.4 Å². The Morgan fingerprint density at radius 1 is 1.20 bits per heavy atom. The third kappa shape index (κ3) is 4.03. The van der Waals surface area contributed by atoms with Gasteiger partial charge >= 0.3 is 0 Å². The van der Waals surface area contributed by atoms with Gasteiger partial charge in [0.25, 0.3) is 0 Å². The van der Waals surface area contributed by atoms with Gasteiger partial charge in [0.15, 0.2) is 11.6 Å². The van der Waals surface area contributed by atoms with Crippen LogP contribution in [0.5, 0.6) is 5.75 Å². The van der Waals surface area contributed by atoms with Crippen LogP contribution in [0.3, 0.4) is 0 Å².